The molecule has 0 unspecified atom stereocenters. The summed E-state index contributed by atoms with van der Waals surface area (Å²) >= 11 is 0. The van der Waals surface area contributed by atoms with Crippen LogP contribution in [0.1, 0.15) is 21.6 Å². The van der Waals surface area contributed by atoms with Crippen LogP contribution in [0.5, 0.6) is 0 Å². The summed E-state index contributed by atoms with van der Waals surface area (Å²) in [5.74, 6) is -2.98. The number of hydrogen-bond acceptors (Lipinski definition) is 5. The Balaban J connectivity index is 1.98. The van der Waals surface area contributed by atoms with Gasteiger partial charge in [0.1, 0.15) is 12.2 Å². The molecule has 168 valence electrons. The highest BCUT2D eigenvalue weighted by Crippen LogP contribution is 2.37. The average Bonchev–Trinajstić information content (AvgIpc) is 2.68. The van der Waals surface area contributed by atoms with Crippen molar-refractivity contribution in [3.8, 4) is 0 Å². The third-order valence-corrected chi connectivity index (χ3v) is 4.23. The van der Waals surface area contributed by atoms with Crippen LogP contribution >= 0.6 is 0 Å². The molecule has 0 saturated heterocycles. The number of nitrogens with one attached hydrogen (secondary N) is 1. The van der Waals surface area contributed by atoms with Crippen LogP contribution in [-0.4, -0.2) is 21.7 Å². The van der Waals surface area contributed by atoms with Gasteiger partial charge in [-0.3, -0.25) is 9.59 Å². The van der Waals surface area contributed by atoms with Crippen LogP contribution in [0.2, 0.25) is 0 Å². The van der Waals surface area contributed by atoms with E-state index in [9.17, 15) is 45.8 Å². The number of carbonyl (C=O) groups is 2. The average molecular weight is 458 g/mol. The van der Waals surface area contributed by atoms with E-state index >= 15 is 0 Å². The molecule has 1 N–H and O–H groups in total. The number of anilines is 1. The molecule has 0 spiro atoms. The highest BCUT2D eigenvalue weighted by atomic mass is 19.4. The summed E-state index contributed by atoms with van der Waals surface area (Å²) in [5, 5.41) is 16.5. The molecule has 1 amide bonds. The summed E-state index contributed by atoms with van der Waals surface area (Å²) in [4.78, 5) is 36.0. The lowest BCUT2D eigenvalue weighted by Crippen LogP contribution is -2.34. The molecule has 0 saturated carbocycles. The van der Waals surface area contributed by atoms with E-state index in [1.165, 1.54) is 24.3 Å². The number of rotatable bonds is 4. The molecule has 32 heavy (non-hydrogen) atoms. The maximum Gasteiger partial charge on any atom is 0.416 e. The molecule has 0 atom stereocenters. The van der Waals surface area contributed by atoms with Crippen molar-refractivity contribution >= 4 is 28.3 Å². The monoisotopic (exact) mass is 458 g/mol. The first-order chi connectivity index (χ1) is 14.8. The predicted octanol–water partition coefficient (Wildman–Crippen LogP) is 2.44. The second kappa shape index (κ2) is 7.98. The molecular formula is C19H10F6N3O4-. The number of alkyl halides is 6. The maximum absolute atomic E-state index is 12.9. The van der Waals surface area contributed by atoms with Crippen molar-refractivity contribution in [2.24, 2.45) is 0 Å². The van der Waals surface area contributed by atoms with Gasteiger partial charge in [0.15, 0.2) is 0 Å². The second-order valence-corrected chi connectivity index (χ2v) is 6.49. The molecular weight excluding hydrogens is 448 g/mol. The lowest BCUT2D eigenvalue weighted by Gasteiger charge is -2.15. The SMILES string of the molecule is O=C(Cn1nc(C(=O)[O-])c2ccccc2c1=O)Nc1cc(C(F)(F)F)cc(C(F)(F)F)c1. The zero-order valence-electron chi connectivity index (χ0n) is 15.5. The van der Waals surface area contributed by atoms with Gasteiger partial charge < -0.3 is 15.2 Å². The Labute approximate surface area is 173 Å². The number of carboxylic acid groups (broad SMARTS) is 1. The molecule has 2 aromatic carbocycles. The Morgan fingerprint density at radius 1 is 0.938 bits per heavy atom. The van der Waals surface area contributed by atoms with Crippen molar-refractivity contribution < 1.29 is 41.0 Å². The van der Waals surface area contributed by atoms with E-state index in [1.54, 1.807) is 0 Å². The molecule has 7 nitrogen and oxygen atoms in total. The summed E-state index contributed by atoms with van der Waals surface area (Å²) in [5.41, 5.74) is -5.70. The van der Waals surface area contributed by atoms with Gasteiger partial charge in [0, 0.05) is 11.1 Å². The van der Waals surface area contributed by atoms with Gasteiger partial charge in [-0.2, -0.15) is 31.4 Å². The summed E-state index contributed by atoms with van der Waals surface area (Å²) in [6.45, 7) is -0.985. The Kier molecular flexibility index (Phi) is 5.68. The number of aromatic nitrogens is 2. The van der Waals surface area contributed by atoms with Crippen molar-refractivity contribution in [3.63, 3.8) is 0 Å². The standard InChI is InChI=1S/C19H11F6N3O4/c20-18(21,22)9-5-10(19(23,24)25)7-11(6-9)26-14(29)8-28-16(30)13-4-2-1-3-12(13)15(27-28)17(31)32/h1-7H,8H2,(H,26,29)(H,31,32)/p-1. The van der Waals surface area contributed by atoms with E-state index in [-0.39, 0.29) is 29.0 Å². The van der Waals surface area contributed by atoms with Gasteiger partial charge >= 0.3 is 12.4 Å². The number of nitrogens with zero attached hydrogens (tertiary/aromatic N) is 2. The van der Waals surface area contributed by atoms with Crippen LogP contribution in [0.25, 0.3) is 10.8 Å². The van der Waals surface area contributed by atoms with Crippen LogP contribution in [-0.2, 0) is 23.7 Å². The number of amides is 1. The minimum absolute atomic E-state index is 0.0677. The Bertz CT molecular complexity index is 1250. The Morgan fingerprint density at radius 2 is 1.47 bits per heavy atom. The molecule has 13 heteroatoms. The second-order valence-electron chi connectivity index (χ2n) is 6.49. The minimum Gasteiger partial charge on any atom is -0.543 e. The lowest BCUT2D eigenvalue weighted by atomic mass is 10.1. The van der Waals surface area contributed by atoms with E-state index in [2.05, 4.69) is 5.10 Å². The van der Waals surface area contributed by atoms with E-state index in [0.717, 1.165) is 0 Å². The van der Waals surface area contributed by atoms with Crippen molar-refractivity contribution in [3.05, 3.63) is 69.6 Å². The molecule has 0 bridgehead atoms. The molecule has 3 rings (SSSR count). The quantitative estimate of drug-likeness (QED) is 0.605. The normalized spacial score (nSPS) is 12.1. The predicted molar refractivity (Wildman–Crippen MR) is 95.4 cm³/mol. The largest absolute Gasteiger partial charge is 0.543 e. The third-order valence-electron chi connectivity index (χ3n) is 4.23. The number of carbonyl (C=O) groups excluding carboxylic acids is 2. The molecule has 0 fully saturated rings. The van der Waals surface area contributed by atoms with Crippen molar-refractivity contribution in [1.82, 2.24) is 9.78 Å². The van der Waals surface area contributed by atoms with E-state index in [4.69, 9.17) is 0 Å². The fourth-order valence-corrected chi connectivity index (χ4v) is 2.86. The van der Waals surface area contributed by atoms with Gasteiger partial charge in [0.05, 0.1) is 22.5 Å². The van der Waals surface area contributed by atoms with Gasteiger partial charge in [-0.05, 0) is 24.3 Å². The fraction of sp³-hybridized carbons (Fsp3) is 0.158. The number of halogens is 6. The first-order valence-corrected chi connectivity index (χ1v) is 8.58. The Morgan fingerprint density at radius 3 is 1.97 bits per heavy atom. The van der Waals surface area contributed by atoms with Crippen molar-refractivity contribution in [2.75, 3.05) is 5.32 Å². The van der Waals surface area contributed by atoms with Crippen LogP contribution in [0.3, 0.4) is 0 Å². The molecule has 0 aliphatic heterocycles. The van der Waals surface area contributed by atoms with Gasteiger partial charge in [0.25, 0.3) is 5.56 Å². The van der Waals surface area contributed by atoms with Crippen LogP contribution < -0.4 is 16.0 Å². The van der Waals surface area contributed by atoms with Crippen molar-refractivity contribution in [1.29, 1.82) is 0 Å². The van der Waals surface area contributed by atoms with Crippen LogP contribution in [0, 0.1) is 0 Å². The third kappa shape index (κ3) is 4.71. The Hall–Kier alpha value is -3.90. The van der Waals surface area contributed by atoms with E-state index < -0.39 is 58.8 Å². The number of carboxylic acids is 1. The highest BCUT2D eigenvalue weighted by Gasteiger charge is 2.37. The number of hydrogen-bond donors (Lipinski definition) is 1. The summed E-state index contributed by atoms with van der Waals surface area (Å²) < 4.78 is 78.1. The molecule has 3 aromatic rings. The van der Waals surface area contributed by atoms with Crippen LogP contribution in [0.4, 0.5) is 32.0 Å². The zero-order valence-corrected chi connectivity index (χ0v) is 15.5. The number of aromatic carboxylic acids is 1. The minimum atomic E-state index is -5.12. The highest BCUT2D eigenvalue weighted by molar-refractivity contribution is 6.00. The maximum atomic E-state index is 12.9. The number of fused-ring (bicyclic) bond motifs is 1. The molecule has 1 heterocycles. The smallest absolute Gasteiger partial charge is 0.416 e. The lowest BCUT2D eigenvalue weighted by molar-refractivity contribution is -0.255. The molecule has 0 aliphatic rings. The molecule has 0 aliphatic carbocycles. The van der Waals surface area contributed by atoms with Gasteiger partial charge in [-0.1, -0.05) is 18.2 Å². The molecule has 1 aromatic heterocycles. The van der Waals surface area contributed by atoms with E-state index in [1.807, 2.05) is 5.32 Å². The van der Waals surface area contributed by atoms with E-state index in [0.29, 0.717) is 4.68 Å². The summed E-state index contributed by atoms with van der Waals surface area (Å²) in [6, 6.07) is 5.83. The van der Waals surface area contributed by atoms with Gasteiger partial charge in [0.2, 0.25) is 5.91 Å². The first-order valence-electron chi connectivity index (χ1n) is 8.58. The van der Waals surface area contributed by atoms with Gasteiger partial charge in [-0.15, -0.1) is 0 Å². The topological polar surface area (TPSA) is 104 Å². The first kappa shape index (κ1) is 22.8. The summed E-state index contributed by atoms with van der Waals surface area (Å²) in [7, 11) is 0. The zero-order chi connectivity index (χ0) is 23.8. The fourth-order valence-electron chi connectivity index (χ4n) is 2.86. The molecule has 0 radical (unpaired) electrons. The van der Waals surface area contributed by atoms with Gasteiger partial charge in [-0.25, -0.2) is 4.68 Å². The number of benzene rings is 2. The van der Waals surface area contributed by atoms with Crippen molar-refractivity contribution in [2.45, 2.75) is 18.9 Å². The van der Waals surface area contributed by atoms with Crippen LogP contribution in [0.15, 0.2) is 47.3 Å². The summed E-state index contributed by atoms with van der Waals surface area (Å²) in [6.07, 6.45) is -10.2.